The molecule has 90 valence electrons. The van der Waals surface area contributed by atoms with Crippen LogP contribution in [-0.4, -0.2) is 33.6 Å². The lowest BCUT2D eigenvalue weighted by atomic mass is 9.60. The summed E-state index contributed by atoms with van der Waals surface area (Å²) >= 11 is 0. The van der Waals surface area contributed by atoms with Crippen LogP contribution in [0.4, 0.5) is 0 Å². The molecular weight excluding hydrogens is 214 g/mol. The second-order valence-electron chi connectivity index (χ2n) is 4.79. The number of hydrogen-bond donors (Lipinski definition) is 4. The molecule has 0 aromatic rings. The van der Waals surface area contributed by atoms with Crippen molar-refractivity contribution in [3.8, 4) is 0 Å². The van der Waals surface area contributed by atoms with Crippen LogP contribution < -0.4 is 15.8 Å². The monoisotopic (exact) mass is 235 g/mol. The zero-order chi connectivity index (χ0) is 11.5. The number of piperidine rings is 1. The van der Waals surface area contributed by atoms with E-state index in [4.69, 9.17) is 8.42 Å². The van der Waals surface area contributed by atoms with Crippen molar-refractivity contribution in [1.29, 1.82) is 0 Å². The van der Waals surface area contributed by atoms with Crippen LogP contribution in [0.25, 0.3) is 0 Å². The number of thiol groups is 1. The first-order chi connectivity index (χ1) is 6.90. The Morgan fingerprint density at radius 2 is 1.67 bits per heavy atom. The molecule has 0 bridgehead atoms. The highest BCUT2D eigenvalue weighted by Gasteiger charge is 2.52. The molecule has 2 aliphatic rings. The lowest BCUT2D eigenvalue weighted by Crippen LogP contribution is -2.71. The molecule has 2 fully saturated rings. The summed E-state index contributed by atoms with van der Waals surface area (Å²) in [5.41, 5.74) is 1.02. The number of nitrogens with two attached hydrogens (primary N) is 1. The van der Waals surface area contributed by atoms with Crippen molar-refractivity contribution in [2.24, 2.45) is 10.6 Å². The van der Waals surface area contributed by atoms with Gasteiger partial charge < -0.3 is 10.6 Å². The summed E-state index contributed by atoms with van der Waals surface area (Å²) in [6.07, 6.45) is 2.71. The Labute approximate surface area is 92.9 Å². The van der Waals surface area contributed by atoms with E-state index in [0.717, 1.165) is 0 Å². The molecule has 15 heavy (non-hydrogen) atoms. The van der Waals surface area contributed by atoms with Crippen molar-refractivity contribution in [3.05, 3.63) is 0 Å². The second kappa shape index (κ2) is 4.78. The van der Waals surface area contributed by atoms with Gasteiger partial charge in [-0.2, -0.15) is 0 Å². The Bertz CT molecular complexity index is 275. The van der Waals surface area contributed by atoms with E-state index in [9.17, 15) is 0 Å². The van der Waals surface area contributed by atoms with Crippen molar-refractivity contribution in [3.63, 3.8) is 0 Å². The molecule has 0 atom stereocenters. The van der Waals surface area contributed by atoms with Gasteiger partial charge in [-0.1, -0.05) is 0 Å². The van der Waals surface area contributed by atoms with Crippen molar-refractivity contribution < 1.29 is 8.42 Å². The van der Waals surface area contributed by atoms with Crippen LogP contribution in [0.15, 0.2) is 0 Å². The zero-order valence-electron chi connectivity index (χ0n) is 9.38. The average Bonchev–Trinajstić information content (AvgIpc) is 2.17. The Kier molecular flexibility index (Phi) is 4.11. The van der Waals surface area contributed by atoms with Crippen molar-refractivity contribution in [2.45, 2.75) is 32.2 Å². The molecule has 0 aliphatic carbocycles. The van der Waals surface area contributed by atoms with Gasteiger partial charge in [0.1, 0.15) is 0 Å². The molecule has 6 heteroatoms. The van der Waals surface area contributed by atoms with E-state index < -0.39 is 10.9 Å². The molecule has 0 unspecified atom stereocenters. The van der Waals surface area contributed by atoms with Crippen LogP contribution in [-0.2, 0) is 10.9 Å². The van der Waals surface area contributed by atoms with Gasteiger partial charge in [-0.25, -0.2) is 13.6 Å². The number of rotatable bonds is 0. The van der Waals surface area contributed by atoms with E-state index in [1.165, 1.54) is 32.5 Å². The lowest BCUT2D eigenvalue weighted by molar-refractivity contribution is -0.0184. The standard InChI is InChI=1S/C9H18N2.H3NO2S/c1-8(2)9(7-11-8)3-5-10-6-4-9;1-4(2)3/h10-11H,3-7H2,1-2H3;4H,(H2,1,2,3). The van der Waals surface area contributed by atoms with Crippen LogP contribution in [0, 0.1) is 5.41 Å². The summed E-state index contributed by atoms with van der Waals surface area (Å²) < 4.78 is 17.6. The molecule has 5 nitrogen and oxygen atoms in total. The maximum absolute atomic E-state index is 8.81. The molecule has 0 aromatic heterocycles. The molecule has 1 spiro atoms. The third-order valence-electron chi connectivity index (χ3n) is 3.76. The van der Waals surface area contributed by atoms with Crippen LogP contribution >= 0.6 is 0 Å². The highest BCUT2D eigenvalue weighted by Crippen LogP contribution is 2.45. The summed E-state index contributed by atoms with van der Waals surface area (Å²) in [5.74, 6) is 0. The highest BCUT2D eigenvalue weighted by molar-refractivity contribution is 7.69. The maximum atomic E-state index is 8.81. The largest absolute Gasteiger partial charge is 0.317 e. The zero-order valence-corrected chi connectivity index (χ0v) is 10.3. The van der Waals surface area contributed by atoms with Gasteiger partial charge in [0.2, 0.25) is 0 Å². The van der Waals surface area contributed by atoms with Crippen LogP contribution in [0.5, 0.6) is 0 Å². The molecule has 0 radical (unpaired) electrons. The summed E-state index contributed by atoms with van der Waals surface area (Å²) in [7, 11) is -2.62. The molecule has 4 N–H and O–H groups in total. The van der Waals surface area contributed by atoms with Gasteiger partial charge >= 0.3 is 0 Å². The average molecular weight is 235 g/mol. The third kappa shape index (κ3) is 2.90. The topological polar surface area (TPSA) is 84.2 Å². The van der Waals surface area contributed by atoms with E-state index in [1.54, 1.807) is 0 Å². The molecule has 0 saturated carbocycles. The fraction of sp³-hybridized carbons (Fsp3) is 1.00. The first-order valence-electron chi connectivity index (χ1n) is 5.24. The summed E-state index contributed by atoms with van der Waals surface area (Å²) in [4.78, 5) is 0. The fourth-order valence-corrected chi connectivity index (χ4v) is 2.40. The molecular formula is C9H21N3O2S. The maximum Gasteiger partial charge on any atom is 0.198 e. The predicted molar refractivity (Wildman–Crippen MR) is 61.1 cm³/mol. The lowest BCUT2D eigenvalue weighted by Gasteiger charge is -2.59. The second-order valence-corrected chi connectivity index (χ2v) is 5.36. The fourth-order valence-electron chi connectivity index (χ4n) is 2.40. The van der Waals surface area contributed by atoms with Gasteiger partial charge in [-0.15, -0.1) is 0 Å². The smallest absolute Gasteiger partial charge is 0.198 e. The molecule has 2 heterocycles. The van der Waals surface area contributed by atoms with Crippen molar-refractivity contribution >= 4 is 10.9 Å². The molecule has 2 saturated heterocycles. The summed E-state index contributed by atoms with van der Waals surface area (Å²) in [6, 6.07) is 0. The van der Waals surface area contributed by atoms with E-state index in [2.05, 4.69) is 29.6 Å². The predicted octanol–water partition coefficient (Wildman–Crippen LogP) is -0.790. The van der Waals surface area contributed by atoms with Gasteiger partial charge in [0.25, 0.3) is 0 Å². The first kappa shape index (κ1) is 12.9. The van der Waals surface area contributed by atoms with Crippen LogP contribution in [0.2, 0.25) is 0 Å². The Morgan fingerprint density at radius 3 is 1.87 bits per heavy atom. The van der Waals surface area contributed by atoms with Gasteiger partial charge in [-0.3, -0.25) is 0 Å². The normalized spacial score (nSPS) is 26.7. The number of hydrogen-bond acceptors (Lipinski definition) is 4. The third-order valence-corrected chi connectivity index (χ3v) is 3.76. The van der Waals surface area contributed by atoms with E-state index in [-0.39, 0.29) is 0 Å². The SMILES string of the molecule is CC1(C)NCC12CCNCC2.N[SH](=O)=O. The minimum atomic E-state index is -2.62. The van der Waals surface area contributed by atoms with Gasteiger partial charge in [-0.05, 0) is 39.8 Å². The van der Waals surface area contributed by atoms with E-state index >= 15 is 0 Å². The van der Waals surface area contributed by atoms with Crippen LogP contribution in [0.1, 0.15) is 26.7 Å². The Balaban J connectivity index is 0.000000245. The molecule has 2 rings (SSSR count). The highest BCUT2D eigenvalue weighted by atomic mass is 32.2. The van der Waals surface area contributed by atoms with E-state index in [1.807, 2.05) is 0 Å². The van der Waals surface area contributed by atoms with Crippen LogP contribution in [0.3, 0.4) is 0 Å². The quantitative estimate of drug-likeness (QED) is 0.415. The first-order valence-corrected chi connectivity index (χ1v) is 6.49. The Morgan fingerprint density at radius 1 is 1.20 bits per heavy atom. The van der Waals surface area contributed by atoms with Gasteiger partial charge in [0, 0.05) is 17.5 Å². The summed E-state index contributed by atoms with van der Waals surface area (Å²) in [5, 5.41) is 11.0. The molecule has 0 amide bonds. The minimum absolute atomic E-state index is 0.398. The van der Waals surface area contributed by atoms with E-state index in [0.29, 0.717) is 11.0 Å². The van der Waals surface area contributed by atoms with Crippen molar-refractivity contribution in [2.75, 3.05) is 19.6 Å². The van der Waals surface area contributed by atoms with Gasteiger partial charge in [0.15, 0.2) is 10.9 Å². The van der Waals surface area contributed by atoms with Crippen molar-refractivity contribution in [1.82, 2.24) is 10.6 Å². The summed E-state index contributed by atoms with van der Waals surface area (Å²) in [6.45, 7) is 8.33. The molecule has 0 aromatic carbocycles. The minimum Gasteiger partial charge on any atom is -0.317 e. The molecule has 2 aliphatic heterocycles. The van der Waals surface area contributed by atoms with Gasteiger partial charge in [0.05, 0.1) is 0 Å². The number of nitrogens with one attached hydrogen (secondary N) is 2. The Hall–Kier alpha value is -0.170.